The van der Waals surface area contributed by atoms with Crippen LogP contribution in [0, 0.1) is 0 Å². The number of hydrogen-bond acceptors (Lipinski definition) is 5. The molecule has 1 aliphatic heterocycles. The highest BCUT2D eigenvalue weighted by atomic mass is 16.6. The third-order valence-electron chi connectivity index (χ3n) is 4.21. The average Bonchev–Trinajstić information content (AvgIpc) is 2.56. The molecule has 23 heavy (non-hydrogen) atoms. The first kappa shape index (κ1) is 20.6. The molecule has 136 valence electrons. The molecule has 0 aromatic carbocycles. The maximum atomic E-state index is 9.93. The second kappa shape index (κ2) is 12.9. The zero-order chi connectivity index (χ0) is 16.9. The van der Waals surface area contributed by atoms with E-state index in [2.05, 4.69) is 19.1 Å². The molecular weight excluding hydrogens is 296 g/mol. The molecule has 0 radical (unpaired) electrons. The lowest BCUT2D eigenvalue weighted by Crippen LogP contribution is -2.55. The molecule has 0 aliphatic carbocycles. The molecule has 1 fully saturated rings. The Hall–Kier alpha value is -0.460. The molecule has 1 saturated heterocycles. The second-order valence-electron chi connectivity index (χ2n) is 6.26. The first-order chi connectivity index (χ1) is 11.2. The van der Waals surface area contributed by atoms with Crippen LogP contribution in [0.25, 0.3) is 0 Å². The van der Waals surface area contributed by atoms with Crippen LogP contribution in [0.4, 0.5) is 0 Å². The van der Waals surface area contributed by atoms with Crippen molar-refractivity contribution in [3.8, 4) is 0 Å². The molecule has 0 bridgehead atoms. The number of hydrogen-bond donors (Lipinski definition) is 3. The van der Waals surface area contributed by atoms with Crippen LogP contribution in [0.1, 0.15) is 58.3 Å². The topological polar surface area (TPSA) is 79.2 Å². The fraction of sp³-hybridized carbons (Fsp3) is 0.889. The van der Waals surface area contributed by atoms with E-state index in [4.69, 9.17) is 9.47 Å². The molecule has 3 N–H and O–H groups in total. The zero-order valence-corrected chi connectivity index (χ0v) is 14.4. The molecule has 4 atom stereocenters. The van der Waals surface area contributed by atoms with Crippen molar-refractivity contribution in [2.75, 3.05) is 19.8 Å². The number of unbranched alkanes of at least 4 members (excludes halogenated alkanes) is 6. The van der Waals surface area contributed by atoms with Crippen LogP contribution < -0.4 is 0 Å². The van der Waals surface area contributed by atoms with E-state index in [-0.39, 0.29) is 13.2 Å². The van der Waals surface area contributed by atoms with Crippen LogP contribution in [0.5, 0.6) is 0 Å². The largest absolute Gasteiger partial charge is 0.394 e. The number of ether oxygens (including phenoxy) is 2. The minimum atomic E-state index is -0.990. The molecule has 0 spiro atoms. The third-order valence-corrected chi connectivity index (χ3v) is 4.21. The first-order valence-electron chi connectivity index (χ1n) is 9.05. The first-order valence-corrected chi connectivity index (χ1v) is 9.05. The maximum Gasteiger partial charge on any atom is 0.114 e. The van der Waals surface area contributed by atoms with Gasteiger partial charge in [0.25, 0.3) is 0 Å². The number of allylic oxidation sites excluding steroid dienone is 2. The van der Waals surface area contributed by atoms with Gasteiger partial charge in [0.2, 0.25) is 0 Å². The van der Waals surface area contributed by atoms with Gasteiger partial charge in [-0.1, -0.05) is 44.8 Å². The summed E-state index contributed by atoms with van der Waals surface area (Å²) in [7, 11) is 0. The van der Waals surface area contributed by atoms with Gasteiger partial charge in [-0.05, 0) is 25.7 Å². The molecule has 0 saturated carbocycles. The van der Waals surface area contributed by atoms with E-state index >= 15 is 0 Å². The minimum Gasteiger partial charge on any atom is -0.394 e. The standard InChI is InChI=1S/C18H34O5/c1-2-3-4-5-6-7-8-9-10-11-12-22-18-16(13-19)23-14-15(20)17(18)21/h4-5,15-21H,2-3,6-14H2,1H3/b5-4+/t15-,16+,17+,18+/m0/s1. The predicted octanol–water partition coefficient (Wildman–Crippen LogP) is 2.18. The summed E-state index contributed by atoms with van der Waals surface area (Å²) in [5, 5.41) is 28.8. The highest BCUT2D eigenvalue weighted by molar-refractivity contribution is 4.87. The van der Waals surface area contributed by atoms with Crippen LogP contribution in [-0.4, -0.2) is 59.6 Å². The van der Waals surface area contributed by atoms with Crippen molar-refractivity contribution >= 4 is 0 Å². The van der Waals surface area contributed by atoms with E-state index in [1.54, 1.807) is 0 Å². The Morgan fingerprint density at radius 2 is 1.74 bits per heavy atom. The van der Waals surface area contributed by atoms with E-state index in [1.807, 2.05) is 0 Å². The van der Waals surface area contributed by atoms with Gasteiger partial charge in [0, 0.05) is 6.61 Å². The Bertz CT molecular complexity index is 306. The highest BCUT2D eigenvalue weighted by Crippen LogP contribution is 2.19. The minimum absolute atomic E-state index is 0.0406. The summed E-state index contributed by atoms with van der Waals surface area (Å²) in [5.74, 6) is 0. The Balaban J connectivity index is 2.03. The smallest absolute Gasteiger partial charge is 0.114 e. The maximum absolute atomic E-state index is 9.93. The van der Waals surface area contributed by atoms with Crippen LogP contribution in [-0.2, 0) is 9.47 Å². The number of aliphatic hydroxyl groups is 3. The Morgan fingerprint density at radius 3 is 2.48 bits per heavy atom. The van der Waals surface area contributed by atoms with E-state index in [0.717, 1.165) is 19.3 Å². The highest BCUT2D eigenvalue weighted by Gasteiger charge is 2.39. The van der Waals surface area contributed by atoms with Gasteiger partial charge in [-0.3, -0.25) is 0 Å². The average molecular weight is 330 g/mol. The molecular formula is C18H34O5. The predicted molar refractivity (Wildman–Crippen MR) is 90.3 cm³/mol. The van der Waals surface area contributed by atoms with Gasteiger partial charge in [0.05, 0.1) is 13.2 Å². The summed E-state index contributed by atoms with van der Waals surface area (Å²) in [5.41, 5.74) is 0. The number of rotatable bonds is 12. The van der Waals surface area contributed by atoms with E-state index in [1.165, 1.54) is 32.1 Å². The second-order valence-corrected chi connectivity index (χ2v) is 6.26. The third kappa shape index (κ3) is 8.27. The van der Waals surface area contributed by atoms with Gasteiger partial charge in [-0.15, -0.1) is 0 Å². The lowest BCUT2D eigenvalue weighted by Gasteiger charge is -2.37. The molecule has 5 heteroatoms. The summed E-state index contributed by atoms with van der Waals surface area (Å²) < 4.78 is 10.9. The van der Waals surface area contributed by atoms with E-state index < -0.39 is 24.4 Å². The van der Waals surface area contributed by atoms with Crippen LogP contribution >= 0.6 is 0 Å². The number of aliphatic hydroxyl groups excluding tert-OH is 3. The van der Waals surface area contributed by atoms with Crippen LogP contribution in [0.15, 0.2) is 12.2 Å². The van der Waals surface area contributed by atoms with Crippen molar-refractivity contribution in [1.29, 1.82) is 0 Å². The van der Waals surface area contributed by atoms with Gasteiger partial charge < -0.3 is 24.8 Å². The van der Waals surface area contributed by atoms with Crippen molar-refractivity contribution in [3.63, 3.8) is 0 Å². The fourth-order valence-electron chi connectivity index (χ4n) is 2.73. The molecule has 0 aromatic rings. The van der Waals surface area contributed by atoms with Crippen LogP contribution in [0.2, 0.25) is 0 Å². The van der Waals surface area contributed by atoms with Gasteiger partial charge in [-0.2, -0.15) is 0 Å². The summed E-state index contributed by atoms with van der Waals surface area (Å²) in [4.78, 5) is 0. The summed E-state index contributed by atoms with van der Waals surface area (Å²) in [6.45, 7) is 2.54. The lowest BCUT2D eigenvalue weighted by molar-refractivity contribution is -0.211. The van der Waals surface area contributed by atoms with Crippen molar-refractivity contribution in [2.45, 2.75) is 82.7 Å². The van der Waals surface area contributed by atoms with Gasteiger partial charge in [0.1, 0.15) is 24.4 Å². The van der Waals surface area contributed by atoms with E-state index in [0.29, 0.717) is 6.61 Å². The van der Waals surface area contributed by atoms with Crippen LogP contribution in [0.3, 0.4) is 0 Å². The monoisotopic (exact) mass is 330 g/mol. The van der Waals surface area contributed by atoms with Gasteiger partial charge >= 0.3 is 0 Å². The molecule has 1 aliphatic rings. The Kier molecular flexibility index (Phi) is 11.5. The summed E-state index contributed by atoms with van der Waals surface area (Å²) in [6.07, 6.45) is 10.6. The molecule has 5 nitrogen and oxygen atoms in total. The Morgan fingerprint density at radius 1 is 1.04 bits per heavy atom. The molecule has 1 rings (SSSR count). The van der Waals surface area contributed by atoms with Gasteiger partial charge in [-0.25, -0.2) is 0 Å². The van der Waals surface area contributed by atoms with Crippen molar-refractivity contribution in [1.82, 2.24) is 0 Å². The molecule has 0 amide bonds. The summed E-state index contributed by atoms with van der Waals surface area (Å²) >= 11 is 0. The molecule has 1 heterocycles. The van der Waals surface area contributed by atoms with Gasteiger partial charge in [0.15, 0.2) is 0 Å². The van der Waals surface area contributed by atoms with Crippen molar-refractivity contribution in [3.05, 3.63) is 12.2 Å². The van der Waals surface area contributed by atoms with Crippen molar-refractivity contribution < 1.29 is 24.8 Å². The summed E-state index contributed by atoms with van der Waals surface area (Å²) in [6, 6.07) is 0. The molecule has 0 aromatic heterocycles. The Labute approximate surface area is 140 Å². The quantitative estimate of drug-likeness (QED) is 0.377. The normalized spacial score (nSPS) is 28.5. The molecule has 0 unspecified atom stereocenters. The SMILES string of the molecule is CCC/C=C/CCCCCCCO[C@H]1[C@H](O)[C@@H](O)CO[C@@H]1CO. The van der Waals surface area contributed by atoms with Crippen molar-refractivity contribution in [2.24, 2.45) is 0 Å². The van der Waals surface area contributed by atoms with E-state index in [9.17, 15) is 15.3 Å². The zero-order valence-electron chi connectivity index (χ0n) is 14.4. The lowest BCUT2D eigenvalue weighted by atomic mass is 10.0. The fourth-order valence-corrected chi connectivity index (χ4v) is 2.73.